The molecule has 2 aromatic heterocycles. The van der Waals surface area contributed by atoms with Crippen molar-refractivity contribution in [2.75, 3.05) is 7.11 Å². The summed E-state index contributed by atoms with van der Waals surface area (Å²) in [6, 6.07) is 8.11. The maximum atomic E-state index is 11.3. The van der Waals surface area contributed by atoms with E-state index in [1.807, 2.05) is 43.5 Å². The summed E-state index contributed by atoms with van der Waals surface area (Å²) in [5, 5.41) is 22.6. The van der Waals surface area contributed by atoms with Crippen LogP contribution in [0.15, 0.2) is 22.7 Å². The van der Waals surface area contributed by atoms with E-state index >= 15 is 0 Å². The Morgan fingerprint density at radius 3 is 2.61 bits per heavy atom. The van der Waals surface area contributed by atoms with Crippen LogP contribution in [0.3, 0.4) is 0 Å². The van der Waals surface area contributed by atoms with Crippen molar-refractivity contribution in [1.29, 1.82) is 5.26 Å². The molecule has 0 atom stereocenters. The van der Waals surface area contributed by atoms with E-state index in [1.54, 1.807) is 21.0 Å². The molecule has 8 heteroatoms. The number of benzene rings is 1. The first-order valence-corrected chi connectivity index (χ1v) is 10.6. The lowest BCUT2D eigenvalue weighted by Crippen LogP contribution is -2.44. The summed E-state index contributed by atoms with van der Waals surface area (Å²) in [4.78, 5) is 16.1. The fourth-order valence-electron chi connectivity index (χ4n) is 3.99. The number of halogens is 1. The van der Waals surface area contributed by atoms with Crippen molar-refractivity contribution in [3.05, 3.63) is 50.8 Å². The van der Waals surface area contributed by atoms with Gasteiger partial charge in [0, 0.05) is 33.1 Å². The minimum absolute atomic E-state index is 0.297. The fourth-order valence-corrected chi connectivity index (χ4v) is 4.30. The Balaban J connectivity index is 2.46. The molecular formula is C23H25BrN4O3. The van der Waals surface area contributed by atoms with Crippen molar-refractivity contribution < 1.29 is 14.6 Å². The highest BCUT2D eigenvalue weighted by atomic mass is 79.9. The summed E-state index contributed by atoms with van der Waals surface area (Å²) < 4.78 is 8.33. The van der Waals surface area contributed by atoms with Gasteiger partial charge in [0.05, 0.1) is 24.1 Å². The predicted molar refractivity (Wildman–Crippen MR) is 123 cm³/mol. The second-order valence-electron chi connectivity index (χ2n) is 8.24. The Kier molecular flexibility index (Phi) is 6.01. The molecule has 162 valence electrons. The largest absolute Gasteiger partial charge is 0.496 e. The summed E-state index contributed by atoms with van der Waals surface area (Å²) in [6.07, 6.45) is -0.817. The van der Waals surface area contributed by atoms with Crippen LogP contribution in [-0.4, -0.2) is 33.4 Å². The van der Waals surface area contributed by atoms with Crippen molar-refractivity contribution in [2.24, 2.45) is 0 Å². The van der Waals surface area contributed by atoms with Crippen LogP contribution in [0.4, 0.5) is 4.79 Å². The highest BCUT2D eigenvalue weighted by molar-refractivity contribution is 9.10. The van der Waals surface area contributed by atoms with Crippen molar-refractivity contribution in [2.45, 2.75) is 46.6 Å². The van der Waals surface area contributed by atoms with Crippen molar-refractivity contribution in [3.8, 4) is 17.5 Å². The quantitative estimate of drug-likeness (QED) is 0.519. The van der Waals surface area contributed by atoms with E-state index in [0.29, 0.717) is 28.7 Å². The van der Waals surface area contributed by atoms with Gasteiger partial charge in [-0.05, 0) is 68.2 Å². The van der Waals surface area contributed by atoms with E-state index in [0.717, 1.165) is 32.7 Å². The van der Waals surface area contributed by atoms with E-state index in [-0.39, 0.29) is 0 Å². The first-order valence-electron chi connectivity index (χ1n) is 9.77. The third kappa shape index (κ3) is 4.10. The van der Waals surface area contributed by atoms with Gasteiger partial charge in [0.1, 0.15) is 17.5 Å². The van der Waals surface area contributed by atoms with Gasteiger partial charge in [0.25, 0.3) is 0 Å². The lowest BCUT2D eigenvalue weighted by molar-refractivity contribution is 0.182. The molecule has 1 amide bonds. The van der Waals surface area contributed by atoms with E-state index in [2.05, 4.69) is 27.3 Å². The zero-order chi connectivity index (χ0) is 23.1. The van der Waals surface area contributed by atoms with Crippen LogP contribution in [0.25, 0.3) is 16.7 Å². The van der Waals surface area contributed by atoms with Gasteiger partial charge in [-0.25, -0.2) is 9.78 Å². The molecule has 2 heterocycles. The zero-order valence-corrected chi connectivity index (χ0v) is 20.0. The van der Waals surface area contributed by atoms with E-state index in [9.17, 15) is 15.2 Å². The van der Waals surface area contributed by atoms with Crippen molar-refractivity contribution >= 4 is 33.1 Å². The minimum atomic E-state index is -1.11. The lowest BCUT2D eigenvalue weighted by atomic mass is 9.95. The molecule has 0 spiro atoms. The van der Waals surface area contributed by atoms with Gasteiger partial charge >= 0.3 is 6.09 Å². The Labute approximate surface area is 189 Å². The number of carbonyl (C=O) groups is 1. The molecule has 0 aliphatic rings. The molecule has 0 aliphatic heterocycles. The normalized spacial score (nSPS) is 11.4. The first-order chi connectivity index (χ1) is 14.5. The Morgan fingerprint density at radius 2 is 2.03 bits per heavy atom. The highest BCUT2D eigenvalue weighted by Gasteiger charge is 2.29. The number of ether oxygens (including phenoxy) is 1. The van der Waals surface area contributed by atoms with Crippen LogP contribution in [0.5, 0.6) is 5.75 Å². The number of hydrogen-bond acceptors (Lipinski definition) is 4. The molecule has 0 saturated heterocycles. The van der Waals surface area contributed by atoms with Crippen LogP contribution in [0.1, 0.15) is 41.9 Å². The van der Waals surface area contributed by atoms with E-state index in [1.165, 1.54) is 0 Å². The van der Waals surface area contributed by atoms with Crippen LogP contribution >= 0.6 is 15.9 Å². The van der Waals surface area contributed by atoms with Gasteiger partial charge in [-0.15, -0.1) is 0 Å². The lowest BCUT2D eigenvalue weighted by Gasteiger charge is -2.26. The topological polar surface area (TPSA) is 100 Å². The molecule has 0 fully saturated rings. The number of hydrogen-bond donors (Lipinski definition) is 2. The molecule has 1 aromatic carbocycles. The smallest absolute Gasteiger partial charge is 0.405 e. The minimum Gasteiger partial charge on any atom is -0.496 e. The average molecular weight is 485 g/mol. The van der Waals surface area contributed by atoms with E-state index in [4.69, 9.17) is 9.72 Å². The van der Waals surface area contributed by atoms with Gasteiger partial charge in [-0.3, -0.25) is 4.57 Å². The van der Waals surface area contributed by atoms with Gasteiger partial charge in [-0.1, -0.05) is 6.07 Å². The molecule has 7 nitrogen and oxygen atoms in total. The molecule has 0 radical (unpaired) electrons. The zero-order valence-electron chi connectivity index (χ0n) is 18.4. The number of carboxylic acid groups (broad SMARTS) is 1. The number of fused-ring (bicyclic) bond motifs is 1. The number of amides is 1. The molecule has 31 heavy (non-hydrogen) atoms. The standard InChI is InChI=1S/C23H25BrN4O3/c1-12-7-8-19(31-6)13(2)20(12)28-18(10-23(4,5)27-22(29)30)16(11-25)15-9-17(24)14(3)26-21(15)28/h7-9,27H,10H2,1-6H3,(H,29,30). The maximum absolute atomic E-state index is 11.3. The molecule has 0 aliphatic carbocycles. The van der Waals surface area contributed by atoms with Gasteiger partial charge in [0.15, 0.2) is 0 Å². The Morgan fingerprint density at radius 1 is 1.35 bits per heavy atom. The molecule has 2 N–H and O–H groups in total. The average Bonchev–Trinajstić information content (AvgIpc) is 2.93. The third-order valence-corrected chi connectivity index (χ3v) is 6.17. The molecule has 3 aromatic rings. The second-order valence-corrected chi connectivity index (χ2v) is 9.10. The van der Waals surface area contributed by atoms with Crippen LogP contribution in [0, 0.1) is 32.1 Å². The molecular weight excluding hydrogens is 460 g/mol. The summed E-state index contributed by atoms with van der Waals surface area (Å²) >= 11 is 3.52. The number of rotatable bonds is 5. The molecule has 3 rings (SSSR count). The number of aromatic nitrogens is 2. The molecule has 0 bridgehead atoms. The Bertz CT molecular complexity index is 1240. The number of pyridine rings is 1. The Hall–Kier alpha value is -3.05. The maximum Gasteiger partial charge on any atom is 0.405 e. The summed E-state index contributed by atoms with van der Waals surface area (Å²) in [5.74, 6) is 0.726. The summed E-state index contributed by atoms with van der Waals surface area (Å²) in [7, 11) is 1.62. The van der Waals surface area contributed by atoms with Gasteiger partial charge in [-0.2, -0.15) is 5.26 Å². The monoisotopic (exact) mass is 484 g/mol. The number of nitriles is 1. The van der Waals surface area contributed by atoms with Crippen molar-refractivity contribution in [3.63, 3.8) is 0 Å². The van der Waals surface area contributed by atoms with E-state index < -0.39 is 11.6 Å². The second kappa shape index (κ2) is 8.23. The first kappa shape index (κ1) is 22.6. The number of methoxy groups -OCH3 is 1. The summed E-state index contributed by atoms with van der Waals surface area (Å²) in [5.41, 5.74) is 4.59. The molecule has 0 unspecified atom stereocenters. The highest BCUT2D eigenvalue weighted by Crippen LogP contribution is 2.37. The van der Waals surface area contributed by atoms with Crippen LogP contribution < -0.4 is 10.1 Å². The fraction of sp³-hybridized carbons (Fsp3) is 0.348. The predicted octanol–water partition coefficient (Wildman–Crippen LogP) is 5.18. The number of nitrogens with one attached hydrogen (secondary N) is 1. The van der Waals surface area contributed by atoms with Crippen LogP contribution in [-0.2, 0) is 6.42 Å². The number of nitrogens with zero attached hydrogens (tertiary/aromatic N) is 3. The summed E-state index contributed by atoms with van der Waals surface area (Å²) in [6.45, 7) is 9.45. The number of aryl methyl sites for hydroxylation is 2. The van der Waals surface area contributed by atoms with Crippen molar-refractivity contribution in [1.82, 2.24) is 14.9 Å². The van der Waals surface area contributed by atoms with Crippen LogP contribution in [0.2, 0.25) is 0 Å². The van der Waals surface area contributed by atoms with Gasteiger partial charge < -0.3 is 15.2 Å². The van der Waals surface area contributed by atoms with Gasteiger partial charge in [0.2, 0.25) is 0 Å². The third-order valence-electron chi connectivity index (χ3n) is 5.36. The molecule has 0 saturated carbocycles. The SMILES string of the molecule is COc1ccc(C)c(-n2c(CC(C)(C)NC(=O)O)c(C#N)c3cc(Br)c(C)nc32)c1C.